The first kappa shape index (κ1) is 11.7. The molecule has 82 valence electrons. The van der Waals surface area contributed by atoms with Crippen LogP contribution < -0.4 is 10.6 Å². The van der Waals surface area contributed by atoms with E-state index in [1.54, 1.807) is 24.3 Å². The molecule has 1 aromatic carbocycles. The Balaban J connectivity index is 2.50. The minimum Gasteiger partial charge on any atom is -0.331 e. The highest BCUT2D eigenvalue weighted by Gasteiger charge is 2.02. The summed E-state index contributed by atoms with van der Waals surface area (Å²) in [5, 5.41) is 13.5. The van der Waals surface area contributed by atoms with Crippen molar-refractivity contribution in [3.63, 3.8) is 0 Å². The molecule has 0 aliphatic carbocycles. The maximum atomic E-state index is 11.2. The number of ketones is 1. The lowest BCUT2D eigenvalue weighted by molar-refractivity contribution is -0.116. The number of nitrogens with zero attached hydrogens (tertiary/aromatic N) is 1. The van der Waals surface area contributed by atoms with Crippen LogP contribution >= 0.6 is 0 Å². The van der Waals surface area contributed by atoms with Crippen LogP contribution in [0.3, 0.4) is 0 Å². The molecule has 0 radical (unpaired) electrons. The molecule has 0 aromatic heterocycles. The van der Waals surface area contributed by atoms with E-state index in [-0.39, 0.29) is 12.3 Å². The molecule has 0 fully saturated rings. The van der Waals surface area contributed by atoms with Crippen LogP contribution in [0.1, 0.15) is 12.5 Å². The Morgan fingerprint density at radius 3 is 2.44 bits per heavy atom. The largest absolute Gasteiger partial charge is 0.331 e. The zero-order chi connectivity index (χ0) is 12.0. The third-order valence-corrected chi connectivity index (χ3v) is 1.77. The van der Waals surface area contributed by atoms with Crippen molar-refractivity contribution in [2.75, 3.05) is 11.9 Å². The average Bonchev–Trinajstić information content (AvgIpc) is 2.27. The molecule has 0 atom stereocenters. The highest BCUT2D eigenvalue weighted by atomic mass is 16.2. The minimum absolute atomic E-state index is 0.00210. The Kier molecular flexibility index (Phi) is 4.04. The second kappa shape index (κ2) is 5.51. The lowest BCUT2D eigenvalue weighted by atomic mass is 10.2. The molecule has 0 bridgehead atoms. The smallest absolute Gasteiger partial charge is 0.319 e. The summed E-state index contributed by atoms with van der Waals surface area (Å²) in [5.41, 5.74) is 1.09. The summed E-state index contributed by atoms with van der Waals surface area (Å²) in [6, 6.07) is 7.96. The van der Waals surface area contributed by atoms with Gasteiger partial charge in [0.2, 0.25) is 0 Å². The van der Waals surface area contributed by atoms with Crippen LogP contribution in [0.15, 0.2) is 24.3 Å². The number of nitriles is 1. The van der Waals surface area contributed by atoms with E-state index >= 15 is 0 Å². The molecule has 0 saturated carbocycles. The summed E-state index contributed by atoms with van der Waals surface area (Å²) in [4.78, 5) is 21.8. The van der Waals surface area contributed by atoms with Gasteiger partial charge in [0.15, 0.2) is 0 Å². The van der Waals surface area contributed by atoms with E-state index < -0.39 is 6.03 Å². The van der Waals surface area contributed by atoms with Gasteiger partial charge in [-0.2, -0.15) is 5.26 Å². The van der Waals surface area contributed by atoms with Gasteiger partial charge in [0.05, 0.1) is 18.2 Å². The van der Waals surface area contributed by atoms with Crippen molar-refractivity contribution < 1.29 is 9.59 Å². The summed E-state index contributed by atoms with van der Waals surface area (Å²) in [7, 11) is 0. The van der Waals surface area contributed by atoms with Gasteiger partial charge < -0.3 is 10.6 Å². The number of hydrogen-bond acceptors (Lipinski definition) is 3. The Morgan fingerprint density at radius 2 is 1.94 bits per heavy atom. The van der Waals surface area contributed by atoms with Crippen LogP contribution in [0.25, 0.3) is 0 Å². The lowest BCUT2D eigenvalue weighted by Gasteiger charge is -2.05. The van der Waals surface area contributed by atoms with Crippen LogP contribution in [0, 0.1) is 11.3 Å². The fourth-order valence-corrected chi connectivity index (χ4v) is 1.01. The molecular weight excluding hydrogens is 206 g/mol. The summed E-state index contributed by atoms with van der Waals surface area (Å²) in [6.45, 7) is 1.39. The molecule has 1 aromatic rings. The molecule has 16 heavy (non-hydrogen) atoms. The highest BCUT2D eigenvalue weighted by Crippen LogP contribution is 2.08. The third kappa shape index (κ3) is 3.80. The summed E-state index contributed by atoms with van der Waals surface area (Å²) in [6.07, 6.45) is 0. The van der Waals surface area contributed by atoms with E-state index in [1.807, 2.05) is 6.07 Å². The van der Waals surface area contributed by atoms with Gasteiger partial charge in [-0.1, -0.05) is 0 Å². The van der Waals surface area contributed by atoms with Gasteiger partial charge in [-0.25, -0.2) is 4.79 Å². The number of nitrogens with one attached hydrogen (secondary N) is 2. The van der Waals surface area contributed by atoms with Gasteiger partial charge >= 0.3 is 6.03 Å². The van der Waals surface area contributed by atoms with Gasteiger partial charge in [-0.05, 0) is 31.2 Å². The molecule has 0 unspecified atom stereocenters. The van der Waals surface area contributed by atoms with E-state index in [1.165, 1.54) is 6.92 Å². The summed E-state index contributed by atoms with van der Waals surface area (Å²) in [5.74, 6) is -0.116. The second-order valence-electron chi connectivity index (χ2n) is 3.20. The van der Waals surface area contributed by atoms with E-state index in [4.69, 9.17) is 5.26 Å². The molecule has 0 spiro atoms. The Bertz CT molecular complexity index is 432. The number of anilines is 1. The number of benzene rings is 1. The average molecular weight is 217 g/mol. The number of rotatable bonds is 3. The topological polar surface area (TPSA) is 82.0 Å². The first-order chi connectivity index (χ1) is 7.61. The first-order valence-corrected chi connectivity index (χ1v) is 4.66. The van der Waals surface area contributed by atoms with Crippen molar-refractivity contribution in [2.45, 2.75) is 6.92 Å². The fraction of sp³-hybridized carbons (Fsp3) is 0.182. The SMILES string of the molecule is CC(=O)CNC(=O)Nc1ccc(C#N)cc1. The van der Waals surface area contributed by atoms with Crippen molar-refractivity contribution in [1.82, 2.24) is 5.32 Å². The van der Waals surface area contributed by atoms with Crippen molar-refractivity contribution in [2.24, 2.45) is 0 Å². The normalized spacial score (nSPS) is 9.00. The number of carbonyl (C=O) groups is 2. The Morgan fingerprint density at radius 1 is 1.31 bits per heavy atom. The van der Waals surface area contributed by atoms with Crippen LogP contribution in [-0.4, -0.2) is 18.4 Å². The van der Waals surface area contributed by atoms with Gasteiger partial charge in [0.25, 0.3) is 0 Å². The number of Topliss-reactive ketones (excluding diaryl/α,β-unsaturated/α-hetero) is 1. The minimum atomic E-state index is -0.445. The molecule has 2 amide bonds. The molecule has 2 N–H and O–H groups in total. The lowest BCUT2D eigenvalue weighted by Crippen LogP contribution is -2.32. The van der Waals surface area contributed by atoms with Gasteiger partial charge in [0.1, 0.15) is 5.78 Å². The fourth-order valence-electron chi connectivity index (χ4n) is 1.01. The molecule has 0 heterocycles. The van der Waals surface area contributed by atoms with Crippen LogP contribution in [0.4, 0.5) is 10.5 Å². The predicted molar refractivity (Wildman–Crippen MR) is 58.9 cm³/mol. The standard InChI is InChI=1S/C11H11N3O2/c1-8(15)7-13-11(16)14-10-4-2-9(6-12)3-5-10/h2-5H,7H2,1H3,(H2,13,14,16). The van der Waals surface area contributed by atoms with Gasteiger partial charge in [-0.3, -0.25) is 4.79 Å². The van der Waals surface area contributed by atoms with Gasteiger partial charge in [-0.15, -0.1) is 0 Å². The number of carbonyl (C=O) groups excluding carboxylic acids is 2. The zero-order valence-electron chi connectivity index (χ0n) is 8.78. The second-order valence-corrected chi connectivity index (χ2v) is 3.20. The van der Waals surface area contributed by atoms with Crippen LogP contribution in [0.5, 0.6) is 0 Å². The highest BCUT2D eigenvalue weighted by molar-refractivity contribution is 5.92. The van der Waals surface area contributed by atoms with E-state index in [0.717, 1.165) is 0 Å². The maximum absolute atomic E-state index is 11.2. The van der Waals surface area contributed by atoms with E-state index in [2.05, 4.69) is 10.6 Å². The van der Waals surface area contributed by atoms with Crippen molar-refractivity contribution >= 4 is 17.5 Å². The number of urea groups is 1. The zero-order valence-corrected chi connectivity index (χ0v) is 8.78. The summed E-state index contributed by atoms with van der Waals surface area (Å²) >= 11 is 0. The maximum Gasteiger partial charge on any atom is 0.319 e. The van der Waals surface area contributed by atoms with Crippen LogP contribution in [-0.2, 0) is 4.79 Å². The molecule has 5 nitrogen and oxygen atoms in total. The number of hydrogen-bond donors (Lipinski definition) is 2. The third-order valence-electron chi connectivity index (χ3n) is 1.77. The molecule has 0 saturated heterocycles. The summed E-state index contributed by atoms with van der Waals surface area (Å²) < 4.78 is 0. The first-order valence-electron chi connectivity index (χ1n) is 4.66. The van der Waals surface area contributed by atoms with Crippen molar-refractivity contribution in [3.8, 4) is 6.07 Å². The monoisotopic (exact) mass is 217 g/mol. The number of amides is 2. The van der Waals surface area contributed by atoms with Gasteiger partial charge in [0, 0.05) is 5.69 Å². The quantitative estimate of drug-likeness (QED) is 0.799. The Hall–Kier alpha value is -2.35. The molecule has 0 aliphatic rings. The molecule has 0 aliphatic heterocycles. The molecular formula is C11H11N3O2. The van der Waals surface area contributed by atoms with Crippen molar-refractivity contribution in [3.05, 3.63) is 29.8 Å². The van der Waals surface area contributed by atoms with Crippen LogP contribution in [0.2, 0.25) is 0 Å². The van der Waals surface area contributed by atoms with Crippen molar-refractivity contribution in [1.29, 1.82) is 5.26 Å². The molecule has 5 heteroatoms. The predicted octanol–water partition coefficient (Wildman–Crippen LogP) is 1.27. The van der Waals surface area contributed by atoms with E-state index in [0.29, 0.717) is 11.3 Å². The molecule has 1 rings (SSSR count). The van der Waals surface area contributed by atoms with E-state index in [9.17, 15) is 9.59 Å². The Labute approximate surface area is 93.1 Å².